The Kier molecular flexibility index (Phi) is 5.89. The lowest BCUT2D eigenvalue weighted by Crippen LogP contribution is -2.42. The zero-order valence-corrected chi connectivity index (χ0v) is 18.2. The van der Waals surface area contributed by atoms with Crippen LogP contribution in [0.1, 0.15) is 25.8 Å². The normalized spacial score (nSPS) is 27.8. The van der Waals surface area contributed by atoms with Gasteiger partial charge in [-0.05, 0) is 41.5 Å². The van der Waals surface area contributed by atoms with Crippen molar-refractivity contribution in [3.63, 3.8) is 0 Å². The average Bonchev–Trinajstić information content (AvgIpc) is 2.90. The Morgan fingerprint density at radius 1 is 1.26 bits per heavy atom. The second kappa shape index (κ2) is 7.58. The Morgan fingerprint density at radius 3 is 2.41 bits per heavy atom. The molecule has 1 saturated carbocycles. The molecule has 0 radical (unpaired) electrons. The fourth-order valence-electron chi connectivity index (χ4n) is 3.97. The summed E-state index contributed by atoms with van der Waals surface area (Å²) in [6.07, 6.45) is 2.17. The topological polar surface area (TPSA) is 54.5 Å². The number of carbonyl (C=O) groups excluding carboxylic acids is 1. The third-order valence-electron chi connectivity index (χ3n) is 5.68. The zero-order chi connectivity index (χ0) is 20.0. The van der Waals surface area contributed by atoms with Crippen LogP contribution < -0.4 is 0 Å². The third kappa shape index (κ3) is 4.64. The summed E-state index contributed by atoms with van der Waals surface area (Å²) in [5.41, 5.74) is 0.653. The number of allylic oxidation sites excluding steroid dienone is 1. The number of halogens is 3. The standard InChI is InChI=1S/C19H22Cl3NO3S/c1-19(2)15(9-16(21)22)17(19)18(24)23(14-7-8-27(25,26)11-14)10-12-3-5-13(20)6-4-12/h3-6,9,14-15,17H,7-8,10-11H2,1-2H3/t14-,15+,17-/m0/s1. The summed E-state index contributed by atoms with van der Waals surface area (Å²) in [6.45, 7) is 4.35. The van der Waals surface area contributed by atoms with Crippen LogP contribution >= 0.6 is 34.8 Å². The van der Waals surface area contributed by atoms with Gasteiger partial charge in [-0.1, -0.05) is 60.8 Å². The van der Waals surface area contributed by atoms with Gasteiger partial charge in [-0.15, -0.1) is 0 Å². The van der Waals surface area contributed by atoms with E-state index in [2.05, 4.69) is 0 Å². The molecule has 1 saturated heterocycles. The molecule has 1 aromatic carbocycles. The van der Waals surface area contributed by atoms with E-state index in [0.717, 1.165) is 5.56 Å². The fourth-order valence-corrected chi connectivity index (χ4v) is 6.10. The Morgan fingerprint density at radius 2 is 1.89 bits per heavy atom. The Labute approximate surface area is 175 Å². The third-order valence-corrected chi connectivity index (χ3v) is 7.94. The van der Waals surface area contributed by atoms with E-state index in [1.807, 2.05) is 26.0 Å². The molecule has 0 N–H and O–H groups in total. The van der Waals surface area contributed by atoms with Crippen LogP contribution in [0.3, 0.4) is 0 Å². The van der Waals surface area contributed by atoms with E-state index < -0.39 is 9.84 Å². The molecule has 1 aliphatic carbocycles. The van der Waals surface area contributed by atoms with Gasteiger partial charge in [0.25, 0.3) is 0 Å². The monoisotopic (exact) mass is 449 g/mol. The van der Waals surface area contributed by atoms with E-state index in [1.165, 1.54) is 0 Å². The lowest BCUT2D eigenvalue weighted by Gasteiger charge is -2.29. The van der Waals surface area contributed by atoms with Gasteiger partial charge in [-0.25, -0.2) is 8.42 Å². The number of rotatable bonds is 5. The number of benzene rings is 1. The molecule has 0 aromatic heterocycles. The van der Waals surface area contributed by atoms with E-state index in [0.29, 0.717) is 18.0 Å². The number of hydrogen-bond acceptors (Lipinski definition) is 3. The largest absolute Gasteiger partial charge is 0.334 e. The SMILES string of the molecule is CC1(C)[C@H](C=C(Cl)Cl)[C@H]1C(=O)N(Cc1ccc(Cl)cc1)[C@H]1CCS(=O)(=O)C1. The van der Waals surface area contributed by atoms with Gasteiger partial charge in [0, 0.05) is 17.6 Å². The summed E-state index contributed by atoms with van der Waals surface area (Å²) in [4.78, 5) is 15.1. The van der Waals surface area contributed by atoms with Crippen LogP contribution in [0.2, 0.25) is 5.02 Å². The summed E-state index contributed by atoms with van der Waals surface area (Å²) in [6, 6.07) is 6.94. The van der Waals surface area contributed by atoms with Crippen LogP contribution in [-0.4, -0.2) is 36.8 Å². The molecule has 2 aliphatic rings. The number of amides is 1. The van der Waals surface area contributed by atoms with Gasteiger partial charge in [0.2, 0.25) is 5.91 Å². The van der Waals surface area contributed by atoms with Crippen LogP contribution in [0.25, 0.3) is 0 Å². The first-order chi connectivity index (χ1) is 12.5. The van der Waals surface area contributed by atoms with E-state index in [9.17, 15) is 13.2 Å². The predicted octanol–water partition coefficient (Wildman–Crippen LogP) is 4.45. The molecule has 1 aromatic rings. The highest BCUT2D eigenvalue weighted by molar-refractivity contribution is 7.91. The average molecular weight is 451 g/mol. The number of hydrogen-bond donors (Lipinski definition) is 0. The molecule has 1 aliphatic heterocycles. The van der Waals surface area contributed by atoms with Crippen molar-refractivity contribution < 1.29 is 13.2 Å². The first-order valence-corrected chi connectivity index (χ1v) is 11.7. The maximum absolute atomic E-state index is 13.4. The van der Waals surface area contributed by atoms with Crippen molar-refractivity contribution in [1.29, 1.82) is 0 Å². The van der Waals surface area contributed by atoms with E-state index in [4.69, 9.17) is 34.8 Å². The molecule has 3 atom stereocenters. The predicted molar refractivity (Wildman–Crippen MR) is 110 cm³/mol. The first-order valence-electron chi connectivity index (χ1n) is 8.79. The van der Waals surface area contributed by atoms with Crippen molar-refractivity contribution in [1.82, 2.24) is 4.90 Å². The zero-order valence-electron chi connectivity index (χ0n) is 15.2. The molecule has 8 heteroatoms. The van der Waals surface area contributed by atoms with Gasteiger partial charge in [0.1, 0.15) is 4.49 Å². The number of sulfone groups is 1. The van der Waals surface area contributed by atoms with Gasteiger partial charge < -0.3 is 4.90 Å². The molecule has 148 valence electrons. The summed E-state index contributed by atoms with van der Waals surface area (Å²) in [5, 5.41) is 0.616. The van der Waals surface area contributed by atoms with Gasteiger partial charge >= 0.3 is 0 Å². The highest BCUT2D eigenvalue weighted by Gasteiger charge is 2.62. The molecule has 0 bridgehead atoms. The highest BCUT2D eigenvalue weighted by Crippen LogP contribution is 2.60. The van der Waals surface area contributed by atoms with Crippen molar-refractivity contribution in [2.45, 2.75) is 32.9 Å². The molecule has 0 unspecified atom stereocenters. The van der Waals surface area contributed by atoms with Crippen LogP contribution in [-0.2, 0) is 21.2 Å². The Hall–Kier alpha value is -0.750. The molecule has 0 spiro atoms. The van der Waals surface area contributed by atoms with Gasteiger partial charge in [0.15, 0.2) is 9.84 Å². The molecule has 2 fully saturated rings. The van der Waals surface area contributed by atoms with Gasteiger partial charge in [-0.2, -0.15) is 0 Å². The van der Waals surface area contributed by atoms with E-state index in [-0.39, 0.29) is 45.2 Å². The van der Waals surface area contributed by atoms with Crippen LogP contribution in [0.4, 0.5) is 0 Å². The smallest absolute Gasteiger partial charge is 0.227 e. The minimum atomic E-state index is -3.11. The quantitative estimate of drug-likeness (QED) is 0.666. The van der Waals surface area contributed by atoms with Crippen LogP contribution in [0.15, 0.2) is 34.8 Å². The first kappa shape index (κ1) is 21.0. The molecule has 3 rings (SSSR count). The summed E-state index contributed by atoms with van der Waals surface area (Å²) >= 11 is 17.6. The molecule has 4 nitrogen and oxygen atoms in total. The Balaban J connectivity index is 1.86. The molecule has 1 heterocycles. The van der Waals surface area contributed by atoms with Crippen molar-refractivity contribution in [2.75, 3.05) is 11.5 Å². The molecular weight excluding hydrogens is 429 g/mol. The summed E-state index contributed by atoms with van der Waals surface area (Å²) in [7, 11) is -3.11. The molecule has 1 amide bonds. The molecular formula is C19H22Cl3NO3S. The number of carbonyl (C=O) groups is 1. The Bertz CT molecular complexity index is 861. The van der Waals surface area contributed by atoms with Crippen molar-refractivity contribution in [3.8, 4) is 0 Å². The van der Waals surface area contributed by atoms with Gasteiger partial charge in [0.05, 0.1) is 17.4 Å². The second-order valence-corrected chi connectivity index (χ2v) is 11.6. The minimum Gasteiger partial charge on any atom is -0.334 e. The van der Waals surface area contributed by atoms with Crippen molar-refractivity contribution in [2.24, 2.45) is 17.3 Å². The van der Waals surface area contributed by atoms with E-state index in [1.54, 1.807) is 23.1 Å². The van der Waals surface area contributed by atoms with Crippen LogP contribution in [0, 0.1) is 17.3 Å². The minimum absolute atomic E-state index is 0.0102. The summed E-state index contributed by atoms with van der Waals surface area (Å²) in [5.74, 6) is -0.238. The maximum Gasteiger partial charge on any atom is 0.227 e. The maximum atomic E-state index is 13.4. The highest BCUT2D eigenvalue weighted by atomic mass is 35.5. The molecule has 27 heavy (non-hydrogen) atoms. The van der Waals surface area contributed by atoms with E-state index >= 15 is 0 Å². The van der Waals surface area contributed by atoms with Gasteiger partial charge in [-0.3, -0.25) is 4.79 Å². The number of nitrogens with zero attached hydrogens (tertiary/aromatic N) is 1. The lowest BCUT2D eigenvalue weighted by atomic mass is 10.1. The van der Waals surface area contributed by atoms with Crippen LogP contribution in [0.5, 0.6) is 0 Å². The van der Waals surface area contributed by atoms with Crippen molar-refractivity contribution in [3.05, 3.63) is 45.4 Å². The summed E-state index contributed by atoms with van der Waals surface area (Å²) < 4.78 is 24.1. The lowest BCUT2D eigenvalue weighted by molar-refractivity contribution is -0.136. The fraction of sp³-hybridized carbons (Fsp3) is 0.526. The second-order valence-electron chi connectivity index (χ2n) is 7.93. The van der Waals surface area contributed by atoms with Crippen molar-refractivity contribution >= 4 is 50.5 Å².